The molecule has 0 fully saturated rings. The summed E-state index contributed by atoms with van der Waals surface area (Å²) in [6.07, 6.45) is -2.18. The van der Waals surface area contributed by atoms with E-state index in [2.05, 4.69) is 52.8 Å². The number of primary amides is 1. The van der Waals surface area contributed by atoms with E-state index < -0.39 is 187 Å². The van der Waals surface area contributed by atoms with E-state index in [-0.39, 0.29) is 56.4 Å². The van der Waals surface area contributed by atoms with Crippen LogP contribution in [0, 0.1) is 29.6 Å². The Morgan fingerprint density at radius 2 is 0.807 bits per heavy atom. The Hall–Kier alpha value is -7.70. The number of hydrogen-bond acceptors (Lipinski definition) is 16. The molecular formula is C52H92N14O17. The summed E-state index contributed by atoms with van der Waals surface area (Å²) in [5.41, 5.74) is 22.0. The lowest BCUT2D eigenvalue weighted by Crippen LogP contribution is -2.62. The molecule has 10 amide bonds. The number of carboxylic acids is 3. The standard InChI is InChI=1S/C52H92N14O17/c1-11-27(9)40(65-42(73)29(53)15-17-37(69)70)49(80)59-31(16-18-38(71)72)43(74)58-30(14-13-19-57-52(55)56)44(75)64-39(26(7)8)48(79)60-33(21-25(5)6)46(77)63-35(23-67)47(78)66-41(28(10)12-2)50(81)61-32(20-24(3)4)45(76)62-34(51(82)83)22-36(54)68/h24-35,39-41,67H,11-23,53H2,1-10H3,(H2,54,68)(H,58,74)(H,59,80)(H,60,79)(H,61,81)(H,62,76)(H,63,77)(H,64,75)(H,65,73)(H,66,78)(H,69,70)(H,71,72)(H,82,83)(H4,55,56,57)/t27-,28-,29-,30-,31-,32-,33-,34-,35-,39-,40-,41-/m0/s1. The molecular weight excluding hydrogens is 1090 g/mol. The number of nitrogens with two attached hydrogens (primary N) is 4. The minimum Gasteiger partial charge on any atom is -0.481 e. The van der Waals surface area contributed by atoms with Gasteiger partial charge < -0.3 is 91.2 Å². The van der Waals surface area contributed by atoms with Gasteiger partial charge >= 0.3 is 17.9 Å². The second kappa shape index (κ2) is 38.1. The van der Waals surface area contributed by atoms with Crippen LogP contribution in [0.2, 0.25) is 0 Å². The van der Waals surface area contributed by atoms with E-state index in [0.29, 0.717) is 12.8 Å². The summed E-state index contributed by atoms with van der Waals surface area (Å²) in [7, 11) is 0. The molecule has 0 aliphatic heterocycles. The molecule has 31 heteroatoms. The van der Waals surface area contributed by atoms with Gasteiger partial charge in [-0.2, -0.15) is 0 Å². The van der Waals surface area contributed by atoms with Crippen molar-refractivity contribution in [2.75, 3.05) is 13.2 Å². The summed E-state index contributed by atoms with van der Waals surface area (Å²) >= 11 is 0. The fourth-order valence-electron chi connectivity index (χ4n) is 8.03. The molecule has 0 aromatic heterocycles. The molecule has 83 heavy (non-hydrogen) atoms. The zero-order chi connectivity index (χ0) is 64.0. The fraction of sp³-hybridized carbons (Fsp3) is 0.731. The lowest BCUT2D eigenvalue weighted by molar-refractivity contribution is -0.144. The SMILES string of the molecule is CC[C@H](C)[C@H](NC(=O)[C@H](CO)NC(=O)[C@H](CC(C)C)NC(=O)[C@@H](NC(=O)[C@H](CCCN=C(N)N)NC(=O)[C@H](CCC(=O)O)NC(=O)[C@@H](NC(=O)[C@@H](N)CCC(=O)O)[C@@H](C)CC)C(C)C)C(=O)N[C@@H](CC(C)C)C(=O)N[C@@H](CC(N)=O)C(=O)O. The van der Waals surface area contributed by atoms with Crippen LogP contribution in [-0.2, 0) is 62.3 Å². The van der Waals surface area contributed by atoms with Gasteiger partial charge in [0, 0.05) is 19.4 Å². The van der Waals surface area contributed by atoms with Crippen molar-refractivity contribution in [3.63, 3.8) is 0 Å². The number of aliphatic carboxylic acids is 3. The highest BCUT2D eigenvalue weighted by atomic mass is 16.4. The molecule has 0 unspecified atom stereocenters. The van der Waals surface area contributed by atoms with Crippen LogP contribution >= 0.6 is 0 Å². The number of carboxylic acid groups (broad SMARTS) is 3. The Labute approximate surface area is 483 Å². The van der Waals surface area contributed by atoms with Crippen LogP contribution in [0.1, 0.15) is 140 Å². The number of carbonyl (C=O) groups excluding carboxylic acids is 10. The predicted molar refractivity (Wildman–Crippen MR) is 300 cm³/mol. The maximum Gasteiger partial charge on any atom is 0.326 e. The van der Waals surface area contributed by atoms with Crippen LogP contribution in [0.25, 0.3) is 0 Å². The Balaban J connectivity index is 6.82. The van der Waals surface area contributed by atoms with Crippen LogP contribution in [0.5, 0.6) is 0 Å². The Morgan fingerprint density at radius 3 is 1.22 bits per heavy atom. The Kier molecular flexibility index (Phi) is 34.6. The van der Waals surface area contributed by atoms with Gasteiger partial charge in [0.25, 0.3) is 0 Å². The number of carbonyl (C=O) groups is 13. The molecule has 0 spiro atoms. The van der Waals surface area contributed by atoms with Crippen molar-refractivity contribution in [1.29, 1.82) is 0 Å². The molecule has 0 rings (SSSR count). The molecule has 21 N–H and O–H groups in total. The normalized spacial score (nSPS) is 15.6. The monoisotopic (exact) mass is 1180 g/mol. The van der Waals surface area contributed by atoms with Crippen molar-refractivity contribution in [2.24, 2.45) is 57.5 Å². The van der Waals surface area contributed by atoms with Crippen molar-refractivity contribution in [1.82, 2.24) is 47.9 Å². The topological polar surface area (TPSA) is 528 Å². The van der Waals surface area contributed by atoms with Gasteiger partial charge in [0.2, 0.25) is 59.1 Å². The van der Waals surface area contributed by atoms with Gasteiger partial charge in [0.05, 0.1) is 19.1 Å². The highest BCUT2D eigenvalue weighted by molar-refractivity contribution is 5.99. The van der Waals surface area contributed by atoms with Crippen LogP contribution < -0.4 is 70.8 Å². The number of aliphatic imine (C=N–C) groups is 1. The number of nitrogens with zero attached hydrogens (tertiary/aromatic N) is 1. The maximum absolute atomic E-state index is 14.3. The average molecular weight is 1190 g/mol. The molecule has 0 aromatic carbocycles. The van der Waals surface area contributed by atoms with E-state index in [4.69, 9.17) is 28.0 Å². The molecule has 0 heterocycles. The zero-order valence-electron chi connectivity index (χ0n) is 49.2. The molecule has 0 saturated carbocycles. The van der Waals surface area contributed by atoms with Gasteiger partial charge in [0.15, 0.2) is 5.96 Å². The van der Waals surface area contributed by atoms with E-state index in [9.17, 15) is 77.6 Å². The van der Waals surface area contributed by atoms with Crippen molar-refractivity contribution in [2.45, 2.75) is 200 Å². The Morgan fingerprint density at radius 1 is 0.446 bits per heavy atom. The lowest BCUT2D eigenvalue weighted by atomic mass is 9.96. The first-order chi connectivity index (χ1) is 38.6. The van der Waals surface area contributed by atoms with Crippen LogP contribution in [0.15, 0.2) is 4.99 Å². The van der Waals surface area contributed by atoms with E-state index in [1.54, 1.807) is 69.2 Å². The summed E-state index contributed by atoms with van der Waals surface area (Å²) in [5.74, 6) is -16.4. The highest BCUT2D eigenvalue weighted by Gasteiger charge is 2.38. The number of rotatable bonds is 41. The van der Waals surface area contributed by atoms with E-state index in [0.717, 1.165) is 0 Å². The largest absolute Gasteiger partial charge is 0.481 e. The molecule has 472 valence electrons. The minimum atomic E-state index is -1.73. The lowest BCUT2D eigenvalue weighted by Gasteiger charge is -2.30. The predicted octanol–water partition coefficient (Wildman–Crippen LogP) is -3.75. The van der Waals surface area contributed by atoms with Crippen LogP contribution in [-0.4, -0.2) is 177 Å². The smallest absolute Gasteiger partial charge is 0.326 e. The molecule has 31 nitrogen and oxygen atoms in total. The van der Waals surface area contributed by atoms with Crippen molar-refractivity contribution >= 4 is 82.9 Å². The number of nitrogens with one attached hydrogen (secondary N) is 9. The van der Waals surface area contributed by atoms with Crippen molar-refractivity contribution in [3.8, 4) is 0 Å². The molecule has 0 aliphatic carbocycles. The first-order valence-corrected chi connectivity index (χ1v) is 27.7. The van der Waals surface area contributed by atoms with Crippen molar-refractivity contribution in [3.05, 3.63) is 0 Å². The van der Waals surface area contributed by atoms with Gasteiger partial charge in [-0.3, -0.25) is 62.5 Å². The number of hydrogen-bond donors (Lipinski definition) is 17. The third kappa shape index (κ3) is 29.2. The second-order valence-electron chi connectivity index (χ2n) is 21.7. The van der Waals surface area contributed by atoms with E-state index in [1.165, 1.54) is 0 Å². The van der Waals surface area contributed by atoms with Crippen molar-refractivity contribution < 1.29 is 82.8 Å². The number of guanidine groups is 1. The molecule has 12 atom stereocenters. The average Bonchev–Trinajstić information content (AvgIpc) is 3.49. The molecule has 0 radical (unpaired) electrons. The summed E-state index contributed by atoms with van der Waals surface area (Å²) in [4.78, 5) is 174. The third-order valence-corrected chi connectivity index (χ3v) is 13.2. The van der Waals surface area contributed by atoms with E-state index >= 15 is 0 Å². The summed E-state index contributed by atoms with van der Waals surface area (Å²) < 4.78 is 0. The molecule has 0 bridgehead atoms. The van der Waals surface area contributed by atoms with Crippen LogP contribution in [0.4, 0.5) is 0 Å². The first kappa shape index (κ1) is 75.3. The summed E-state index contributed by atoms with van der Waals surface area (Å²) in [6, 6.07) is -14.8. The van der Waals surface area contributed by atoms with Gasteiger partial charge in [0.1, 0.15) is 54.4 Å². The van der Waals surface area contributed by atoms with Gasteiger partial charge in [-0.15, -0.1) is 0 Å². The Bertz CT molecular complexity index is 2260. The fourth-order valence-corrected chi connectivity index (χ4v) is 8.03. The molecule has 0 aliphatic rings. The van der Waals surface area contributed by atoms with Gasteiger partial charge in [-0.05, 0) is 68.1 Å². The summed E-state index contributed by atoms with van der Waals surface area (Å²) in [5, 5.41) is 60.8. The zero-order valence-corrected chi connectivity index (χ0v) is 49.2. The van der Waals surface area contributed by atoms with Gasteiger partial charge in [-0.1, -0.05) is 82.1 Å². The number of amides is 10. The van der Waals surface area contributed by atoms with Gasteiger partial charge in [-0.25, -0.2) is 4.79 Å². The number of aliphatic hydroxyl groups is 1. The second-order valence-corrected chi connectivity index (χ2v) is 21.7. The van der Waals surface area contributed by atoms with Crippen LogP contribution in [0.3, 0.4) is 0 Å². The van der Waals surface area contributed by atoms with E-state index in [1.807, 2.05) is 0 Å². The molecule has 0 saturated heterocycles. The third-order valence-electron chi connectivity index (χ3n) is 13.2. The minimum absolute atomic E-state index is 0.00115. The highest BCUT2D eigenvalue weighted by Crippen LogP contribution is 2.15. The quantitative estimate of drug-likeness (QED) is 0.0159. The summed E-state index contributed by atoms with van der Waals surface area (Å²) in [6.45, 7) is 15.6. The molecule has 0 aromatic rings. The first-order valence-electron chi connectivity index (χ1n) is 27.7. The maximum atomic E-state index is 14.3. The number of aliphatic hydroxyl groups excluding tert-OH is 1.